The molecule has 2 aromatic carbocycles. The molecule has 2 aromatic rings. The number of hydrogen-bond donors (Lipinski definition) is 3. The van der Waals surface area contributed by atoms with Gasteiger partial charge in [-0.25, -0.2) is 0 Å². The van der Waals surface area contributed by atoms with Crippen LogP contribution in [-0.4, -0.2) is 17.8 Å². The second-order valence-electron chi connectivity index (χ2n) is 4.71. The Morgan fingerprint density at radius 3 is 2.86 bits per heavy atom. The Bertz CT molecular complexity index is 756. The van der Waals surface area contributed by atoms with Gasteiger partial charge in [-0.05, 0) is 36.4 Å². The highest BCUT2D eigenvalue weighted by molar-refractivity contribution is 6.02. The first-order valence-electron chi connectivity index (χ1n) is 6.59. The molecular formula is C16H14N2O4. The molecule has 0 bridgehead atoms. The number of nitrogens with one attached hydrogen (secondary N) is 1. The first-order valence-corrected chi connectivity index (χ1v) is 6.59. The summed E-state index contributed by atoms with van der Waals surface area (Å²) in [7, 11) is 0. The number of phenolic OH excluding ortho intramolecular Hbond substituents is 1. The lowest BCUT2D eigenvalue weighted by molar-refractivity contribution is -0.111. The maximum atomic E-state index is 11.9. The largest absolute Gasteiger partial charge is 0.507 e. The lowest BCUT2D eigenvalue weighted by Gasteiger charge is -2.04. The van der Waals surface area contributed by atoms with Gasteiger partial charge in [0, 0.05) is 29.1 Å². The Balaban J connectivity index is 1.70. The van der Waals surface area contributed by atoms with Crippen LogP contribution in [0.1, 0.15) is 5.56 Å². The monoisotopic (exact) mass is 298 g/mol. The molecule has 4 N–H and O–H groups in total. The number of rotatable bonds is 3. The Labute approximate surface area is 126 Å². The zero-order chi connectivity index (χ0) is 15.5. The van der Waals surface area contributed by atoms with Crippen LogP contribution in [0.2, 0.25) is 0 Å². The number of carbonyl (C=O) groups is 1. The van der Waals surface area contributed by atoms with Crippen molar-refractivity contribution in [3.63, 3.8) is 0 Å². The van der Waals surface area contributed by atoms with Crippen molar-refractivity contribution in [2.75, 3.05) is 17.8 Å². The summed E-state index contributed by atoms with van der Waals surface area (Å²) in [5.74, 6) is 0.968. The second kappa shape index (κ2) is 5.69. The van der Waals surface area contributed by atoms with Gasteiger partial charge in [-0.1, -0.05) is 0 Å². The van der Waals surface area contributed by atoms with Gasteiger partial charge in [-0.3, -0.25) is 4.79 Å². The molecule has 1 aliphatic rings. The van der Waals surface area contributed by atoms with E-state index < -0.39 is 0 Å². The molecule has 6 nitrogen and oxygen atoms in total. The van der Waals surface area contributed by atoms with Gasteiger partial charge in [0.1, 0.15) is 5.75 Å². The molecule has 3 rings (SSSR count). The second-order valence-corrected chi connectivity index (χ2v) is 4.71. The van der Waals surface area contributed by atoms with Crippen LogP contribution in [-0.2, 0) is 4.79 Å². The number of amides is 1. The number of benzene rings is 2. The van der Waals surface area contributed by atoms with E-state index in [2.05, 4.69) is 5.32 Å². The Kier molecular flexibility index (Phi) is 3.57. The number of aromatic hydroxyl groups is 1. The third-order valence-corrected chi connectivity index (χ3v) is 3.11. The van der Waals surface area contributed by atoms with E-state index in [-0.39, 0.29) is 18.4 Å². The summed E-state index contributed by atoms with van der Waals surface area (Å²) >= 11 is 0. The number of fused-ring (bicyclic) bond motifs is 1. The van der Waals surface area contributed by atoms with E-state index in [1.54, 1.807) is 30.3 Å². The molecule has 0 atom stereocenters. The Hall–Kier alpha value is -3.15. The SMILES string of the molecule is Nc1ccc(O)c(C=CC(=O)Nc2ccc3c(c2)OCO3)c1. The van der Waals surface area contributed by atoms with Crippen molar-refractivity contribution in [1.29, 1.82) is 0 Å². The van der Waals surface area contributed by atoms with Crippen molar-refractivity contribution < 1.29 is 19.4 Å². The average molecular weight is 298 g/mol. The molecule has 0 aliphatic carbocycles. The predicted molar refractivity (Wildman–Crippen MR) is 82.7 cm³/mol. The van der Waals surface area contributed by atoms with E-state index in [0.717, 1.165) is 0 Å². The van der Waals surface area contributed by atoms with Gasteiger partial charge in [-0.2, -0.15) is 0 Å². The molecule has 6 heteroatoms. The summed E-state index contributed by atoms with van der Waals surface area (Å²) in [5, 5.41) is 12.4. The lowest BCUT2D eigenvalue weighted by Crippen LogP contribution is -2.07. The third kappa shape index (κ3) is 2.95. The fourth-order valence-electron chi connectivity index (χ4n) is 2.03. The molecule has 112 valence electrons. The van der Waals surface area contributed by atoms with Crippen LogP contribution in [0.15, 0.2) is 42.5 Å². The molecule has 0 fully saturated rings. The maximum Gasteiger partial charge on any atom is 0.248 e. The molecule has 1 aliphatic heterocycles. The first kappa shape index (κ1) is 13.8. The van der Waals surface area contributed by atoms with Gasteiger partial charge in [0.2, 0.25) is 12.7 Å². The fourth-order valence-corrected chi connectivity index (χ4v) is 2.03. The van der Waals surface area contributed by atoms with Crippen molar-refractivity contribution in [3.8, 4) is 17.2 Å². The van der Waals surface area contributed by atoms with Crippen molar-refractivity contribution in [2.24, 2.45) is 0 Å². The summed E-state index contributed by atoms with van der Waals surface area (Å²) in [4.78, 5) is 11.9. The van der Waals surface area contributed by atoms with Gasteiger partial charge in [-0.15, -0.1) is 0 Å². The van der Waals surface area contributed by atoms with Crippen LogP contribution < -0.4 is 20.5 Å². The van der Waals surface area contributed by atoms with Crippen molar-refractivity contribution in [2.45, 2.75) is 0 Å². The Morgan fingerprint density at radius 2 is 2.00 bits per heavy atom. The number of anilines is 2. The summed E-state index contributed by atoms with van der Waals surface area (Å²) in [6.07, 6.45) is 2.81. The number of nitrogens with two attached hydrogens (primary N) is 1. The zero-order valence-corrected chi connectivity index (χ0v) is 11.6. The smallest absolute Gasteiger partial charge is 0.248 e. The van der Waals surface area contributed by atoms with Crippen LogP contribution in [0.5, 0.6) is 17.2 Å². The highest BCUT2D eigenvalue weighted by Crippen LogP contribution is 2.34. The van der Waals surface area contributed by atoms with E-state index in [0.29, 0.717) is 28.4 Å². The quantitative estimate of drug-likeness (QED) is 0.459. The van der Waals surface area contributed by atoms with Crippen molar-refractivity contribution in [3.05, 3.63) is 48.0 Å². The minimum absolute atomic E-state index is 0.0568. The van der Waals surface area contributed by atoms with Crippen molar-refractivity contribution >= 4 is 23.4 Å². The molecular weight excluding hydrogens is 284 g/mol. The van der Waals surface area contributed by atoms with Crippen LogP contribution in [0.3, 0.4) is 0 Å². The zero-order valence-electron chi connectivity index (χ0n) is 11.6. The molecule has 0 saturated carbocycles. The number of phenols is 1. The number of hydrogen-bond acceptors (Lipinski definition) is 5. The highest BCUT2D eigenvalue weighted by atomic mass is 16.7. The molecule has 0 aromatic heterocycles. The van der Waals surface area contributed by atoms with E-state index in [9.17, 15) is 9.90 Å². The molecule has 0 radical (unpaired) electrons. The Morgan fingerprint density at radius 1 is 1.18 bits per heavy atom. The van der Waals surface area contributed by atoms with E-state index in [4.69, 9.17) is 15.2 Å². The molecule has 22 heavy (non-hydrogen) atoms. The van der Waals surface area contributed by atoms with Gasteiger partial charge in [0.05, 0.1) is 0 Å². The maximum absolute atomic E-state index is 11.9. The molecule has 1 heterocycles. The van der Waals surface area contributed by atoms with Crippen molar-refractivity contribution in [1.82, 2.24) is 0 Å². The van der Waals surface area contributed by atoms with Crippen LogP contribution in [0.4, 0.5) is 11.4 Å². The van der Waals surface area contributed by atoms with Crippen LogP contribution in [0.25, 0.3) is 6.08 Å². The molecule has 0 saturated heterocycles. The molecule has 1 amide bonds. The summed E-state index contributed by atoms with van der Waals surface area (Å²) < 4.78 is 10.4. The molecule has 0 spiro atoms. The fraction of sp³-hybridized carbons (Fsp3) is 0.0625. The predicted octanol–water partition coefficient (Wildman–Crippen LogP) is 2.36. The summed E-state index contributed by atoms with van der Waals surface area (Å²) in [5.41, 5.74) is 7.21. The summed E-state index contributed by atoms with van der Waals surface area (Å²) in [6, 6.07) is 9.78. The first-order chi connectivity index (χ1) is 10.6. The molecule has 0 unspecified atom stereocenters. The van der Waals surface area contributed by atoms with Gasteiger partial charge >= 0.3 is 0 Å². The minimum atomic E-state index is -0.333. The topological polar surface area (TPSA) is 93.8 Å². The average Bonchev–Trinajstić information content (AvgIpc) is 2.96. The van der Waals surface area contributed by atoms with Crippen LogP contribution >= 0.6 is 0 Å². The van der Waals surface area contributed by atoms with E-state index in [1.807, 2.05) is 0 Å². The third-order valence-electron chi connectivity index (χ3n) is 3.11. The highest BCUT2D eigenvalue weighted by Gasteiger charge is 2.13. The normalized spacial score (nSPS) is 12.5. The van der Waals surface area contributed by atoms with E-state index >= 15 is 0 Å². The van der Waals surface area contributed by atoms with Crippen LogP contribution in [0, 0.1) is 0 Å². The number of nitrogen functional groups attached to an aromatic ring is 1. The number of carbonyl (C=O) groups excluding carboxylic acids is 1. The van der Waals surface area contributed by atoms with Gasteiger partial charge in [0.15, 0.2) is 11.5 Å². The number of ether oxygens (including phenoxy) is 2. The van der Waals surface area contributed by atoms with Gasteiger partial charge < -0.3 is 25.6 Å². The standard InChI is InChI=1S/C16H14N2O4/c17-11-2-4-13(19)10(7-11)1-6-16(20)18-12-3-5-14-15(8-12)22-9-21-14/h1-8,19H,9,17H2,(H,18,20). The minimum Gasteiger partial charge on any atom is -0.507 e. The summed E-state index contributed by atoms with van der Waals surface area (Å²) in [6.45, 7) is 0.182. The van der Waals surface area contributed by atoms with Gasteiger partial charge in [0.25, 0.3) is 0 Å². The van der Waals surface area contributed by atoms with E-state index in [1.165, 1.54) is 18.2 Å². The lowest BCUT2D eigenvalue weighted by atomic mass is 10.1.